The Kier molecular flexibility index (Phi) is 9.91. The van der Waals surface area contributed by atoms with Crippen molar-refractivity contribution in [3.63, 3.8) is 0 Å². The van der Waals surface area contributed by atoms with Gasteiger partial charge in [-0.15, -0.1) is 0 Å². The third-order valence-electron chi connectivity index (χ3n) is 5.84. The van der Waals surface area contributed by atoms with Crippen molar-refractivity contribution >= 4 is 18.0 Å². The summed E-state index contributed by atoms with van der Waals surface area (Å²) in [5.41, 5.74) is 4.25. The highest BCUT2D eigenvalue weighted by atomic mass is 16.5. The van der Waals surface area contributed by atoms with E-state index in [1.54, 1.807) is 25.5 Å². The van der Waals surface area contributed by atoms with Gasteiger partial charge in [-0.25, -0.2) is 5.43 Å². The van der Waals surface area contributed by atoms with E-state index in [1.807, 2.05) is 42.5 Å². The highest BCUT2D eigenvalue weighted by molar-refractivity contribution is 5.94. The van der Waals surface area contributed by atoms with Crippen LogP contribution in [0.3, 0.4) is 0 Å². The lowest BCUT2D eigenvalue weighted by Crippen LogP contribution is -2.47. The fraction of sp³-hybridized carbons (Fsp3) is 0.423. The van der Waals surface area contributed by atoms with Crippen molar-refractivity contribution in [1.82, 2.24) is 15.6 Å². The molecule has 0 aromatic heterocycles. The molecule has 7 nitrogen and oxygen atoms in total. The van der Waals surface area contributed by atoms with Crippen molar-refractivity contribution in [3.05, 3.63) is 65.7 Å². The minimum Gasteiger partial charge on any atom is -0.497 e. The number of nitrogens with one attached hydrogen (secondary N) is 2. The minimum atomic E-state index is -0.211. The van der Waals surface area contributed by atoms with Crippen LogP contribution in [0.5, 0.6) is 5.75 Å². The van der Waals surface area contributed by atoms with E-state index in [9.17, 15) is 9.59 Å². The second kappa shape index (κ2) is 13.4. The molecule has 2 N–H and O–H groups in total. The normalized spacial score (nSPS) is 15.2. The van der Waals surface area contributed by atoms with Crippen LogP contribution in [-0.2, 0) is 4.79 Å². The Balaban J connectivity index is 1.48. The summed E-state index contributed by atoms with van der Waals surface area (Å²) in [6, 6.07) is 16.5. The monoisotopic (exact) mass is 450 g/mol. The molecule has 1 saturated heterocycles. The van der Waals surface area contributed by atoms with Crippen molar-refractivity contribution in [2.75, 3.05) is 26.7 Å². The van der Waals surface area contributed by atoms with Crippen LogP contribution in [0.1, 0.15) is 54.4 Å². The van der Waals surface area contributed by atoms with E-state index < -0.39 is 0 Å². The molecular formula is C26H34N4O3. The van der Waals surface area contributed by atoms with E-state index in [4.69, 9.17) is 4.74 Å². The summed E-state index contributed by atoms with van der Waals surface area (Å²) < 4.78 is 5.22. The number of likely N-dealkylation sites (tertiary alicyclic amines) is 1. The van der Waals surface area contributed by atoms with Gasteiger partial charge in [-0.1, -0.05) is 36.8 Å². The maximum Gasteiger partial charge on any atom is 0.257 e. The number of amides is 2. The maximum atomic E-state index is 13.0. The number of hydrogen-bond acceptors (Lipinski definition) is 5. The zero-order chi connectivity index (χ0) is 23.3. The van der Waals surface area contributed by atoms with Crippen LogP contribution < -0.4 is 15.5 Å². The van der Waals surface area contributed by atoms with Gasteiger partial charge in [-0.05, 0) is 75.0 Å². The number of hydrazone groups is 1. The Morgan fingerprint density at radius 1 is 1.06 bits per heavy atom. The quantitative estimate of drug-likeness (QED) is 0.311. The number of benzene rings is 2. The lowest BCUT2D eigenvalue weighted by Gasteiger charge is -2.33. The van der Waals surface area contributed by atoms with Gasteiger partial charge in [0.2, 0.25) is 0 Å². The predicted octanol–water partition coefficient (Wildman–Crippen LogP) is 3.60. The van der Waals surface area contributed by atoms with Crippen molar-refractivity contribution in [2.45, 2.75) is 44.6 Å². The summed E-state index contributed by atoms with van der Waals surface area (Å²) in [7, 11) is 1.62. The molecule has 1 heterocycles. The van der Waals surface area contributed by atoms with E-state index in [1.165, 1.54) is 6.42 Å². The van der Waals surface area contributed by atoms with Gasteiger partial charge in [0.15, 0.2) is 0 Å². The zero-order valence-corrected chi connectivity index (χ0v) is 19.3. The summed E-state index contributed by atoms with van der Waals surface area (Å²) in [6.07, 6.45) is 7.49. The molecule has 7 heteroatoms. The highest BCUT2D eigenvalue weighted by Gasteiger charge is 2.26. The largest absolute Gasteiger partial charge is 0.497 e. The Morgan fingerprint density at radius 3 is 2.61 bits per heavy atom. The first-order valence-corrected chi connectivity index (χ1v) is 11.7. The van der Waals surface area contributed by atoms with Crippen LogP contribution in [0.2, 0.25) is 0 Å². The maximum absolute atomic E-state index is 13.0. The standard InChI is InChI=1S/C26H34N4O3/c1-33-23-14-10-11-21(19-23)20-28-29-26(32)24(30-17-8-3-9-18-30)15-6-7-16-27-25(31)22-12-4-2-5-13-22/h2,4-5,10-14,19-20,24H,3,6-9,15-18H2,1H3,(H,27,31)(H,29,32)/b28-20+/t24-/m0/s1. The molecule has 0 aliphatic carbocycles. The number of ether oxygens (including phenoxy) is 1. The molecule has 3 rings (SSSR count). The van der Waals surface area contributed by atoms with Crippen molar-refractivity contribution < 1.29 is 14.3 Å². The smallest absolute Gasteiger partial charge is 0.257 e. The summed E-state index contributed by atoms with van der Waals surface area (Å²) in [4.78, 5) is 27.4. The third kappa shape index (κ3) is 8.02. The number of methoxy groups -OCH3 is 1. The molecule has 1 atom stereocenters. The molecule has 2 aromatic carbocycles. The molecule has 0 bridgehead atoms. The summed E-state index contributed by atoms with van der Waals surface area (Å²) >= 11 is 0. The number of unbranched alkanes of at least 4 members (excludes halogenated alkanes) is 1. The van der Waals surface area contributed by atoms with Crippen molar-refractivity contribution in [2.24, 2.45) is 5.10 Å². The zero-order valence-electron chi connectivity index (χ0n) is 19.3. The van der Waals surface area contributed by atoms with Crippen LogP contribution in [0, 0.1) is 0 Å². The molecule has 1 aliphatic rings. The highest BCUT2D eigenvalue weighted by Crippen LogP contribution is 2.17. The van der Waals surface area contributed by atoms with Crippen LogP contribution in [0.25, 0.3) is 0 Å². The molecule has 2 amide bonds. The van der Waals surface area contributed by atoms with Gasteiger partial charge in [0.25, 0.3) is 11.8 Å². The van der Waals surface area contributed by atoms with E-state index in [0.29, 0.717) is 12.1 Å². The second-order valence-electron chi connectivity index (χ2n) is 8.24. The number of nitrogens with zero attached hydrogens (tertiary/aromatic N) is 2. The number of carbonyl (C=O) groups is 2. The molecule has 176 valence electrons. The first-order valence-electron chi connectivity index (χ1n) is 11.7. The van der Waals surface area contributed by atoms with E-state index in [-0.39, 0.29) is 17.9 Å². The van der Waals surface area contributed by atoms with Crippen LogP contribution >= 0.6 is 0 Å². The molecule has 0 saturated carbocycles. The molecule has 1 aliphatic heterocycles. The van der Waals surface area contributed by atoms with Gasteiger partial charge in [-0.2, -0.15) is 5.10 Å². The van der Waals surface area contributed by atoms with Gasteiger partial charge in [0.1, 0.15) is 5.75 Å². The fourth-order valence-electron chi connectivity index (χ4n) is 4.03. The van der Waals surface area contributed by atoms with Crippen LogP contribution in [0.4, 0.5) is 0 Å². The third-order valence-corrected chi connectivity index (χ3v) is 5.84. The lowest BCUT2D eigenvalue weighted by molar-refractivity contribution is -0.127. The Hall–Kier alpha value is -3.19. The molecule has 33 heavy (non-hydrogen) atoms. The molecule has 0 spiro atoms. The first-order chi connectivity index (χ1) is 16.2. The lowest BCUT2D eigenvalue weighted by atomic mass is 10.0. The summed E-state index contributed by atoms with van der Waals surface area (Å²) in [5.74, 6) is 0.605. The summed E-state index contributed by atoms with van der Waals surface area (Å²) in [6.45, 7) is 2.46. The van der Waals surface area contributed by atoms with Crippen molar-refractivity contribution in [3.8, 4) is 5.75 Å². The predicted molar refractivity (Wildman–Crippen MR) is 131 cm³/mol. The van der Waals surface area contributed by atoms with Gasteiger partial charge in [0, 0.05) is 12.1 Å². The van der Waals surface area contributed by atoms with Gasteiger partial charge >= 0.3 is 0 Å². The molecule has 0 radical (unpaired) electrons. The van der Waals surface area contributed by atoms with Crippen molar-refractivity contribution in [1.29, 1.82) is 0 Å². The fourth-order valence-corrected chi connectivity index (χ4v) is 4.03. The molecular weight excluding hydrogens is 416 g/mol. The number of hydrogen-bond donors (Lipinski definition) is 2. The number of carbonyl (C=O) groups excluding carboxylic acids is 2. The van der Waals surface area contributed by atoms with E-state index in [0.717, 1.165) is 56.5 Å². The van der Waals surface area contributed by atoms with Crippen LogP contribution in [-0.4, -0.2) is 55.7 Å². The Bertz CT molecular complexity index is 911. The van der Waals surface area contributed by atoms with Gasteiger partial charge < -0.3 is 10.1 Å². The average molecular weight is 451 g/mol. The molecule has 0 unspecified atom stereocenters. The molecule has 2 aromatic rings. The van der Waals surface area contributed by atoms with Gasteiger partial charge in [0.05, 0.1) is 19.4 Å². The number of rotatable bonds is 11. The van der Waals surface area contributed by atoms with E-state index >= 15 is 0 Å². The topological polar surface area (TPSA) is 83.0 Å². The first kappa shape index (κ1) is 24.5. The summed E-state index contributed by atoms with van der Waals surface area (Å²) in [5, 5.41) is 7.13. The second-order valence-corrected chi connectivity index (χ2v) is 8.24. The molecule has 1 fully saturated rings. The average Bonchev–Trinajstić information content (AvgIpc) is 2.87. The Morgan fingerprint density at radius 2 is 1.85 bits per heavy atom. The SMILES string of the molecule is COc1cccc(/C=N/NC(=O)[C@H](CCCCNC(=O)c2ccccc2)N2CCCCC2)c1. The number of piperidine rings is 1. The minimum absolute atomic E-state index is 0.0622. The van der Waals surface area contributed by atoms with Gasteiger partial charge in [-0.3, -0.25) is 14.5 Å². The van der Waals surface area contributed by atoms with Crippen LogP contribution in [0.15, 0.2) is 59.7 Å². The Labute approximate surface area is 196 Å². The van der Waals surface area contributed by atoms with E-state index in [2.05, 4.69) is 20.7 Å².